The second kappa shape index (κ2) is 6.33. The topological polar surface area (TPSA) is 43.1 Å². The van der Waals surface area contributed by atoms with Crippen molar-refractivity contribution in [3.8, 4) is 0 Å². The Hall–Kier alpha value is -0.880. The van der Waals surface area contributed by atoms with Crippen molar-refractivity contribution >= 4 is 10.8 Å². The van der Waals surface area contributed by atoms with Crippen molar-refractivity contribution in [1.82, 2.24) is 0 Å². The first-order chi connectivity index (χ1) is 8.29. The summed E-state index contributed by atoms with van der Waals surface area (Å²) in [6, 6.07) is 4.90. The third-order valence-electron chi connectivity index (χ3n) is 2.38. The van der Waals surface area contributed by atoms with Crippen LogP contribution in [-0.2, 0) is 22.7 Å². The van der Waals surface area contributed by atoms with E-state index in [-0.39, 0.29) is 11.8 Å². The number of hydrogen-bond donors (Lipinski definition) is 1. The number of hydrogen-bond acceptors (Lipinski definition) is 2. The van der Waals surface area contributed by atoms with Gasteiger partial charge < -0.3 is 5.73 Å². The van der Waals surface area contributed by atoms with Crippen LogP contribution in [0, 0.1) is 0 Å². The van der Waals surface area contributed by atoms with E-state index in [1.54, 1.807) is 6.07 Å². The van der Waals surface area contributed by atoms with Crippen molar-refractivity contribution in [1.29, 1.82) is 0 Å². The third kappa shape index (κ3) is 5.18. The summed E-state index contributed by atoms with van der Waals surface area (Å²) in [5.41, 5.74) is 5.27. The quantitative estimate of drug-likeness (QED) is 0.900. The van der Waals surface area contributed by atoms with Crippen LogP contribution in [0.2, 0.25) is 0 Å². The van der Waals surface area contributed by atoms with Gasteiger partial charge in [0.15, 0.2) is 0 Å². The maximum Gasteiger partial charge on any atom is 0.416 e. The van der Waals surface area contributed by atoms with Crippen LogP contribution in [-0.4, -0.2) is 16.0 Å². The monoisotopic (exact) mass is 279 g/mol. The Kier molecular flexibility index (Phi) is 5.34. The highest BCUT2D eigenvalue weighted by Gasteiger charge is 2.30. The Morgan fingerprint density at radius 2 is 2.06 bits per heavy atom. The van der Waals surface area contributed by atoms with E-state index in [1.807, 2.05) is 6.92 Å². The lowest BCUT2D eigenvalue weighted by Gasteiger charge is -2.09. The summed E-state index contributed by atoms with van der Waals surface area (Å²) < 4.78 is 49.1. The maximum absolute atomic E-state index is 12.5. The molecule has 0 aromatic heterocycles. The molecule has 2 N–H and O–H groups in total. The Morgan fingerprint density at radius 3 is 2.61 bits per heavy atom. The summed E-state index contributed by atoms with van der Waals surface area (Å²) in [7, 11) is -1.17. The summed E-state index contributed by atoms with van der Waals surface area (Å²) in [6.45, 7) is 1.81. The molecule has 2 atom stereocenters. The normalized spacial score (nSPS) is 15.4. The molecule has 18 heavy (non-hydrogen) atoms. The summed E-state index contributed by atoms with van der Waals surface area (Å²) in [5.74, 6) is 0.546. The lowest BCUT2D eigenvalue weighted by molar-refractivity contribution is -0.137. The summed E-state index contributed by atoms with van der Waals surface area (Å²) in [4.78, 5) is 0. The highest BCUT2D eigenvalue weighted by Crippen LogP contribution is 2.29. The smallest absolute Gasteiger partial charge is 0.328 e. The molecule has 0 aliphatic rings. The molecule has 0 amide bonds. The molecule has 0 radical (unpaired) electrons. The number of alkyl halides is 3. The number of halogens is 3. The van der Waals surface area contributed by atoms with Gasteiger partial charge in [0, 0.05) is 28.3 Å². The molecule has 1 rings (SSSR count). The van der Waals surface area contributed by atoms with Crippen LogP contribution in [0.15, 0.2) is 24.3 Å². The summed E-state index contributed by atoms with van der Waals surface area (Å²) in [6.07, 6.45) is -3.76. The van der Waals surface area contributed by atoms with Crippen LogP contribution in [0.1, 0.15) is 24.5 Å². The average molecular weight is 279 g/mol. The fraction of sp³-hybridized carbons (Fsp3) is 0.500. The van der Waals surface area contributed by atoms with E-state index in [4.69, 9.17) is 5.73 Å². The van der Waals surface area contributed by atoms with E-state index >= 15 is 0 Å². The van der Waals surface area contributed by atoms with E-state index in [2.05, 4.69) is 0 Å². The third-order valence-corrected chi connectivity index (χ3v) is 3.73. The van der Waals surface area contributed by atoms with Crippen LogP contribution in [0.4, 0.5) is 13.2 Å². The summed E-state index contributed by atoms with van der Waals surface area (Å²) >= 11 is 0. The van der Waals surface area contributed by atoms with E-state index in [0.29, 0.717) is 17.7 Å². The Bertz CT molecular complexity index is 418. The van der Waals surface area contributed by atoms with Crippen molar-refractivity contribution in [2.45, 2.75) is 31.3 Å². The molecule has 0 saturated heterocycles. The molecule has 0 bridgehead atoms. The molecule has 102 valence electrons. The molecule has 2 nitrogen and oxygen atoms in total. The first-order valence-corrected chi connectivity index (χ1v) is 7.04. The molecule has 0 saturated carbocycles. The van der Waals surface area contributed by atoms with Gasteiger partial charge in [-0.3, -0.25) is 4.21 Å². The van der Waals surface area contributed by atoms with Crippen LogP contribution in [0.25, 0.3) is 0 Å². The molecule has 0 heterocycles. The van der Waals surface area contributed by atoms with Gasteiger partial charge in [-0.1, -0.05) is 18.2 Å². The molecule has 6 heteroatoms. The second-order valence-electron chi connectivity index (χ2n) is 4.25. The molecule has 0 aliphatic heterocycles. The summed E-state index contributed by atoms with van der Waals surface area (Å²) in [5, 5.41) is 0. The minimum absolute atomic E-state index is 0.0459. The zero-order valence-electron chi connectivity index (χ0n) is 10.0. The zero-order chi connectivity index (χ0) is 13.8. The second-order valence-corrected chi connectivity index (χ2v) is 5.83. The SMILES string of the molecule is CC(N)CCS(=O)Cc1cccc(C(F)(F)F)c1. The predicted molar refractivity (Wildman–Crippen MR) is 66.4 cm³/mol. The van der Waals surface area contributed by atoms with E-state index in [9.17, 15) is 17.4 Å². The van der Waals surface area contributed by atoms with E-state index in [0.717, 1.165) is 12.1 Å². The molecule has 0 fully saturated rings. The van der Waals surface area contributed by atoms with Gasteiger partial charge in [-0.15, -0.1) is 0 Å². The average Bonchev–Trinajstić information content (AvgIpc) is 2.25. The minimum Gasteiger partial charge on any atom is -0.328 e. The fourth-order valence-corrected chi connectivity index (χ4v) is 2.74. The van der Waals surface area contributed by atoms with Crippen LogP contribution in [0.3, 0.4) is 0 Å². The number of rotatable bonds is 5. The van der Waals surface area contributed by atoms with Gasteiger partial charge in [0.25, 0.3) is 0 Å². The lowest BCUT2D eigenvalue weighted by atomic mass is 10.1. The Morgan fingerprint density at radius 1 is 1.39 bits per heavy atom. The molecule has 2 unspecified atom stereocenters. The highest BCUT2D eigenvalue weighted by atomic mass is 32.2. The van der Waals surface area contributed by atoms with Crippen molar-refractivity contribution in [2.75, 3.05) is 5.75 Å². The first-order valence-electron chi connectivity index (χ1n) is 5.55. The number of benzene rings is 1. The van der Waals surface area contributed by atoms with Crippen LogP contribution < -0.4 is 5.73 Å². The van der Waals surface area contributed by atoms with Crippen molar-refractivity contribution in [3.05, 3.63) is 35.4 Å². The van der Waals surface area contributed by atoms with E-state index < -0.39 is 22.5 Å². The van der Waals surface area contributed by atoms with Gasteiger partial charge in [-0.2, -0.15) is 13.2 Å². The van der Waals surface area contributed by atoms with E-state index in [1.165, 1.54) is 6.07 Å². The number of nitrogens with two attached hydrogens (primary N) is 1. The Labute approximate surface area is 107 Å². The largest absolute Gasteiger partial charge is 0.416 e. The van der Waals surface area contributed by atoms with Crippen LogP contribution >= 0.6 is 0 Å². The molecule has 0 aliphatic carbocycles. The van der Waals surface area contributed by atoms with Gasteiger partial charge in [-0.05, 0) is 25.0 Å². The molecule has 0 spiro atoms. The first kappa shape index (κ1) is 15.2. The van der Waals surface area contributed by atoms with Crippen LogP contribution in [0.5, 0.6) is 0 Å². The Balaban J connectivity index is 2.65. The van der Waals surface area contributed by atoms with Crippen molar-refractivity contribution in [3.63, 3.8) is 0 Å². The van der Waals surface area contributed by atoms with Crippen molar-refractivity contribution in [2.24, 2.45) is 5.73 Å². The predicted octanol–water partition coefficient (Wildman–Crippen LogP) is 2.69. The standard InChI is InChI=1S/C12H16F3NOS/c1-9(16)5-6-18(17)8-10-3-2-4-11(7-10)12(13,14)15/h2-4,7,9H,5-6,8,16H2,1H3. The highest BCUT2D eigenvalue weighted by molar-refractivity contribution is 7.84. The van der Waals surface area contributed by atoms with Gasteiger partial charge in [0.05, 0.1) is 5.56 Å². The fourth-order valence-electron chi connectivity index (χ4n) is 1.41. The molecule has 1 aromatic rings. The van der Waals surface area contributed by atoms with Gasteiger partial charge in [0.2, 0.25) is 0 Å². The lowest BCUT2D eigenvalue weighted by Crippen LogP contribution is -2.18. The van der Waals surface area contributed by atoms with Gasteiger partial charge in [0.1, 0.15) is 0 Å². The van der Waals surface area contributed by atoms with Crippen molar-refractivity contribution < 1.29 is 17.4 Å². The van der Waals surface area contributed by atoms with Gasteiger partial charge in [-0.25, -0.2) is 0 Å². The molecule has 1 aromatic carbocycles. The maximum atomic E-state index is 12.5. The van der Waals surface area contributed by atoms with Gasteiger partial charge >= 0.3 is 6.18 Å². The molecular weight excluding hydrogens is 263 g/mol. The molecular formula is C12H16F3NOS. The zero-order valence-corrected chi connectivity index (χ0v) is 10.9. The minimum atomic E-state index is -4.36.